The van der Waals surface area contributed by atoms with Gasteiger partial charge in [0.2, 0.25) is 5.91 Å². The predicted octanol–water partition coefficient (Wildman–Crippen LogP) is 7.17. The van der Waals surface area contributed by atoms with Gasteiger partial charge in [-0.1, -0.05) is 60.1 Å². The lowest BCUT2D eigenvalue weighted by Gasteiger charge is -2.71. The summed E-state index contributed by atoms with van der Waals surface area (Å²) in [6.07, 6.45) is 11.9. The Hall–Kier alpha value is -2.01. The molecule has 5 rings (SSSR count). The van der Waals surface area contributed by atoms with Gasteiger partial charge in [-0.15, -0.1) is 0 Å². The average Bonchev–Trinajstić information content (AvgIpc) is 3.08. The second-order valence-electron chi connectivity index (χ2n) is 19.7. The second kappa shape index (κ2) is 16.8. The fourth-order valence-electron chi connectivity index (χ4n) is 12.7. The normalized spacial score (nSPS) is 37.7. The average molecular weight is 759 g/mol. The summed E-state index contributed by atoms with van der Waals surface area (Å²) in [4.78, 5) is 39.2. The zero-order chi connectivity index (χ0) is 39.6. The van der Waals surface area contributed by atoms with Gasteiger partial charge < -0.3 is 34.7 Å². The van der Waals surface area contributed by atoms with E-state index in [9.17, 15) is 14.4 Å². The molecule has 3 N–H and O–H groups in total. The highest BCUT2D eigenvalue weighted by molar-refractivity contribution is 5.84. The third-order valence-corrected chi connectivity index (χ3v) is 15.6. The Morgan fingerprint density at radius 2 is 1.37 bits per heavy atom. The molecule has 0 aliphatic heterocycles. The Kier molecular flexibility index (Phi) is 13.4. The minimum Gasteiger partial charge on any atom is -0.459 e. The zero-order valence-corrected chi connectivity index (χ0v) is 35.2. The quantitative estimate of drug-likeness (QED) is 0.0955. The Labute approximate surface area is 326 Å². The number of rotatable bonds is 16. The lowest BCUT2D eigenvalue weighted by Crippen LogP contribution is -2.68. The first-order valence-corrected chi connectivity index (χ1v) is 21.1. The number of nitrogens with two attached hydrogens (primary N) is 1. The van der Waals surface area contributed by atoms with Gasteiger partial charge in [0.15, 0.2) is 0 Å². The summed E-state index contributed by atoms with van der Waals surface area (Å²) in [7, 11) is 0. The summed E-state index contributed by atoms with van der Waals surface area (Å²) in [5, 5.41) is 3.39. The van der Waals surface area contributed by atoms with Crippen molar-refractivity contribution in [1.29, 1.82) is 0 Å². The van der Waals surface area contributed by atoms with Crippen LogP contribution in [-0.2, 0) is 38.1 Å². The van der Waals surface area contributed by atoms with Crippen LogP contribution in [0, 0.1) is 50.2 Å². The van der Waals surface area contributed by atoms with E-state index in [1.165, 1.54) is 19.4 Å². The maximum atomic E-state index is 14.5. The molecule has 0 aromatic heterocycles. The molecular weight excluding hydrogens is 684 g/mol. The summed E-state index contributed by atoms with van der Waals surface area (Å²) < 4.78 is 28.9. The third kappa shape index (κ3) is 8.20. The monoisotopic (exact) mass is 759 g/mol. The van der Waals surface area contributed by atoms with Gasteiger partial charge in [0.05, 0.1) is 31.8 Å². The van der Waals surface area contributed by atoms with E-state index in [4.69, 9.17) is 29.4 Å². The number of allylic oxidation sites excluding steroid dienone is 2. The Morgan fingerprint density at radius 1 is 0.759 bits per heavy atom. The van der Waals surface area contributed by atoms with Crippen LogP contribution in [0.15, 0.2) is 11.6 Å². The number of esters is 2. The Balaban J connectivity index is 1.29. The SMILES string of the molecule is CC(=O)O[C@@H]1C[C@]2(C)[C@H]3CC=C4[C@@H]5CC(C)(C)CC[C@]5(C(=O)NCCCOCCOCCOCCCN)CC[C@@]4(C)[C@]3(C)CC[C@H]2C(C)(C)[C@H]1OC(C)=O. The molecule has 54 heavy (non-hydrogen) atoms. The fraction of sp³-hybridized carbons (Fsp3) is 0.886. The molecule has 5 aliphatic rings. The molecule has 4 fully saturated rings. The van der Waals surface area contributed by atoms with Crippen molar-refractivity contribution >= 4 is 17.8 Å². The van der Waals surface area contributed by atoms with Crippen LogP contribution in [0.2, 0.25) is 0 Å². The number of hydrogen-bond donors (Lipinski definition) is 2. The van der Waals surface area contributed by atoms with E-state index >= 15 is 0 Å². The van der Waals surface area contributed by atoms with Crippen LogP contribution in [0.1, 0.15) is 133 Å². The van der Waals surface area contributed by atoms with E-state index in [1.807, 2.05) is 0 Å². The number of hydrogen-bond acceptors (Lipinski definition) is 9. The summed E-state index contributed by atoms with van der Waals surface area (Å²) in [6, 6.07) is 0. The van der Waals surface area contributed by atoms with Crippen molar-refractivity contribution in [2.45, 2.75) is 145 Å². The minimum atomic E-state index is -0.486. The second-order valence-corrected chi connectivity index (χ2v) is 19.7. The van der Waals surface area contributed by atoms with Crippen LogP contribution in [-0.4, -0.2) is 82.8 Å². The number of amides is 1. The topological polar surface area (TPSA) is 135 Å². The van der Waals surface area contributed by atoms with E-state index in [1.54, 1.807) is 0 Å². The lowest BCUT2D eigenvalue weighted by atomic mass is 9.33. The first kappa shape index (κ1) is 43.1. The van der Waals surface area contributed by atoms with Crippen molar-refractivity contribution < 1.29 is 38.1 Å². The molecule has 0 radical (unpaired) electrons. The van der Waals surface area contributed by atoms with Crippen LogP contribution in [0.5, 0.6) is 0 Å². The van der Waals surface area contributed by atoms with Crippen molar-refractivity contribution in [1.82, 2.24) is 5.32 Å². The first-order chi connectivity index (χ1) is 25.4. The van der Waals surface area contributed by atoms with Crippen LogP contribution >= 0.6 is 0 Å². The molecule has 9 atom stereocenters. The molecule has 0 saturated heterocycles. The Bertz CT molecular complexity index is 1380. The minimum absolute atomic E-state index is 0.0102. The van der Waals surface area contributed by atoms with Crippen LogP contribution in [0.3, 0.4) is 0 Å². The van der Waals surface area contributed by atoms with Gasteiger partial charge in [0.1, 0.15) is 12.2 Å². The van der Waals surface area contributed by atoms with Crippen LogP contribution in [0.25, 0.3) is 0 Å². The molecule has 10 heteroatoms. The van der Waals surface area contributed by atoms with Crippen LogP contribution < -0.4 is 11.1 Å². The molecule has 0 aromatic rings. The highest BCUT2D eigenvalue weighted by Crippen LogP contribution is 2.76. The molecule has 0 bridgehead atoms. The Morgan fingerprint density at radius 3 is 2.00 bits per heavy atom. The summed E-state index contributed by atoms with van der Waals surface area (Å²) >= 11 is 0. The number of nitrogens with one attached hydrogen (secondary N) is 1. The molecule has 308 valence electrons. The molecule has 10 nitrogen and oxygen atoms in total. The van der Waals surface area contributed by atoms with Gasteiger partial charge in [0.25, 0.3) is 0 Å². The molecule has 0 heterocycles. The van der Waals surface area contributed by atoms with Gasteiger partial charge >= 0.3 is 11.9 Å². The van der Waals surface area contributed by atoms with E-state index in [-0.39, 0.29) is 50.8 Å². The zero-order valence-electron chi connectivity index (χ0n) is 35.2. The molecule has 1 amide bonds. The predicted molar refractivity (Wildman–Crippen MR) is 209 cm³/mol. The third-order valence-electron chi connectivity index (χ3n) is 15.6. The van der Waals surface area contributed by atoms with E-state index < -0.39 is 17.6 Å². The highest BCUT2D eigenvalue weighted by atomic mass is 16.6. The number of ether oxygens (including phenoxy) is 5. The lowest BCUT2D eigenvalue weighted by molar-refractivity contribution is -0.243. The van der Waals surface area contributed by atoms with Crippen LogP contribution in [0.4, 0.5) is 0 Å². The molecule has 5 aliphatic carbocycles. The number of fused-ring (bicyclic) bond motifs is 7. The first-order valence-electron chi connectivity index (χ1n) is 21.1. The standard InChI is InChI=1S/C44H74N2O8/c1-30(47)53-34-29-41(7)35(40(5,6)37(34)54-31(2)48)14-15-43(9)36(41)13-12-32-33-28-39(3,4)16-18-44(33,19-17-42(32,43)8)38(49)46-21-11-23-51-25-27-52-26-24-50-22-10-20-45/h12,33-37H,10-11,13-29,45H2,1-9H3,(H,46,49)/t33-,34+,35-,36+,37-,41-,42+,43+,44-/m0/s1. The van der Waals surface area contributed by atoms with Gasteiger partial charge in [0, 0.05) is 39.0 Å². The van der Waals surface area contributed by atoms with Crippen molar-refractivity contribution in [3.63, 3.8) is 0 Å². The van der Waals surface area contributed by atoms with Gasteiger partial charge in [-0.05, 0) is 117 Å². The molecule has 0 spiro atoms. The number of carbonyl (C=O) groups is 3. The smallest absolute Gasteiger partial charge is 0.303 e. The van der Waals surface area contributed by atoms with Crippen molar-refractivity contribution in [2.24, 2.45) is 56.0 Å². The molecule has 0 unspecified atom stereocenters. The maximum absolute atomic E-state index is 14.5. The largest absolute Gasteiger partial charge is 0.459 e. The van der Waals surface area contributed by atoms with Crippen molar-refractivity contribution in [2.75, 3.05) is 52.7 Å². The van der Waals surface area contributed by atoms with E-state index in [2.05, 4.69) is 59.9 Å². The maximum Gasteiger partial charge on any atom is 0.303 e. The van der Waals surface area contributed by atoms with Crippen molar-refractivity contribution in [3.8, 4) is 0 Å². The van der Waals surface area contributed by atoms with Gasteiger partial charge in [-0.2, -0.15) is 0 Å². The van der Waals surface area contributed by atoms with Crippen molar-refractivity contribution in [3.05, 3.63) is 11.6 Å². The highest BCUT2D eigenvalue weighted by Gasteiger charge is 2.70. The molecule has 0 aromatic carbocycles. The summed E-state index contributed by atoms with van der Waals surface area (Å²) in [6.45, 7) is 24.3. The van der Waals surface area contributed by atoms with Gasteiger partial charge in [-0.25, -0.2) is 0 Å². The fourth-order valence-corrected chi connectivity index (χ4v) is 12.7. The molecule has 4 saturated carbocycles. The van der Waals surface area contributed by atoms with E-state index in [0.29, 0.717) is 71.0 Å². The summed E-state index contributed by atoms with van der Waals surface area (Å²) in [5.41, 5.74) is 6.25. The number of carbonyl (C=O) groups excluding carboxylic acids is 3. The van der Waals surface area contributed by atoms with E-state index in [0.717, 1.165) is 64.2 Å². The summed E-state index contributed by atoms with van der Waals surface area (Å²) in [5.74, 6) is 0.446. The molecular formula is C44H74N2O8. The van der Waals surface area contributed by atoms with Gasteiger partial charge in [-0.3, -0.25) is 14.4 Å².